The molecule has 0 radical (unpaired) electrons. The van der Waals surface area contributed by atoms with Crippen LogP contribution in [0.4, 0.5) is 0 Å². The number of ketones is 1. The van der Waals surface area contributed by atoms with Crippen LogP contribution in [-0.2, 0) is 0 Å². The first-order valence-corrected chi connectivity index (χ1v) is 7.89. The van der Waals surface area contributed by atoms with Gasteiger partial charge in [0.25, 0.3) is 0 Å². The van der Waals surface area contributed by atoms with Gasteiger partial charge in [-0.3, -0.25) is 4.79 Å². The van der Waals surface area contributed by atoms with Crippen molar-refractivity contribution in [2.24, 2.45) is 0 Å². The average Bonchev–Trinajstić information content (AvgIpc) is 2.59. The Morgan fingerprint density at radius 1 is 1.08 bits per heavy atom. The van der Waals surface area contributed by atoms with Crippen LogP contribution >= 0.6 is 15.9 Å². The molecule has 0 fully saturated rings. The van der Waals surface area contributed by atoms with Crippen molar-refractivity contribution in [1.82, 2.24) is 0 Å². The molecule has 5 nitrogen and oxygen atoms in total. The van der Waals surface area contributed by atoms with Crippen molar-refractivity contribution in [2.75, 3.05) is 13.7 Å². The zero-order valence-electron chi connectivity index (χ0n) is 12.7. The number of methoxy groups -OCH3 is 1. The molecule has 2 aromatic carbocycles. The highest BCUT2D eigenvalue weighted by molar-refractivity contribution is 9.10. The third-order valence-electron chi connectivity index (χ3n) is 3.43. The van der Waals surface area contributed by atoms with Gasteiger partial charge in [0.15, 0.2) is 23.9 Å². The Morgan fingerprint density at radius 2 is 1.83 bits per heavy atom. The number of hydrogen-bond acceptors (Lipinski definition) is 5. The lowest BCUT2D eigenvalue weighted by Gasteiger charge is -2.11. The lowest BCUT2D eigenvalue weighted by molar-refractivity contribution is 0.0919. The molecule has 3 rings (SSSR count). The predicted molar refractivity (Wildman–Crippen MR) is 93.0 cm³/mol. The molecular weight excluding hydrogens is 376 g/mol. The molecule has 0 aliphatic rings. The molecule has 3 aromatic rings. The molecule has 1 aromatic heterocycles. The van der Waals surface area contributed by atoms with E-state index in [-0.39, 0.29) is 12.4 Å². The summed E-state index contributed by atoms with van der Waals surface area (Å²) < 4.78 is 16.9. The van der Waals surface area contributed by atoms with Crippen LogP contribution in [-0.4, -0.2) is 19.5 Å². The van der Waals surface area contributed by atoms with E-state index >= 15 is 0 Å². The van der Waals surface area contributed by atoms with Gasteiger partial charge in [-0.1, -0.05) is 28.1 Å². The quantitative estimate of drug-likeness (QED) is 0.490. The predicted octanol–water partition coefficient (Wildman–Crippen LogP) is 3.83. The molecule has 0 unspecified atom stereocenters. The fourth-order valence-electron chi connectivity index (χ4n) is 2.21. The van der Waals surface area contributed by atoms with Gasteiger partial charge in [0.2, 0.25) is 0 Å². The van der Waals surface area contributed by atoms with E-state index < -0.39 is 5.63 Å². The zero-order valence-corrected chi connectivity index (χ0v) is 14.3. The molecule has 1 heterocycles. The number of ether oxygens (including phenoxy) is 2. The van der Waals surface area contributed by atoms with Crippen LogP contribution in [0.5, 0.6) is 11.5 Å². The summed E-state index contributed by atoms with van der Waals surface area (Å²) in [4.78, 5) is 23.5. The van der Waals surface area contributed by atoms with Gasteiger partial charge < -0.3 is 13.9 Å². The summed E-state index contributed by atoms with van der Waals surface area (Å²) >= 11 is 3.32. The highest BCUT2D eigenvalue weighted by Gasteiger charge is 2.12. The summed E-state index contributed by atoms with van der Waals surface area (Å²) in [5, 5.41) is 0.707. The van der Waals surface area contributed by atoms with Gasteiger partial charge in [-0.2, -0.15) is 0 Å². The molecule has 0 saturated carbocycles. The highest BCUT2D eigenvalue weighted by Crippen LogP contribution is 2.32. The molecule has 0 saturated heterocycles. The van der Waals surface area contributed by atoms with Gasteiger partial charge in [0, 0.05) is 27.6 Å². The number of carbonyl (C=O) groups is 1. The summed E-state index contributed by atoms with van der Waals surface area (Å²) in [7, 11) is 1.50. The standard InChI is InChI=1S/C18H13BrO5/c1-22-16-8-12-4-7-18(21)24-15(12)9-17(16)23-10-14(20)11-2-5-13(19)6-3-11/h2-9H,10H2,1H3. The lowest BCUT2D eigenvalue weighted by atomic mass is 10.1. The van der Waals surface area contributed by atoms with Crippen molar-refractivity contribution in [3.05, 3.63) is 69.0 Å². The Balaban J connectivity index is 1.84. The molecule has 6 heteroatoms. The Hall–Kier alpha value is -2.60. The first-order valence-electron chi connectivity index (χ1n) is 7.10. The molecule has 0 N–H and O–H groups in total. The van der Waals surface area contributed by atoms with Crippen molar-refractivity contribution in [3.63, 3.8) is 0 Å². The molecule has 0 spiro atoms. The summed E-state index contributed by atoms with van der Waals surface area (Å²) in [6.45, 7) is -0.152. The van der Waals surface area contributed by atoms with E-state index in [1.807, 2.05) is 0 Å². The molecule has 0 amide bonds. The van der Waals surface area contributed by atoms with Crippen LogP contribution in [0.3, 0.4) is 0 Å². The second-order valence-corrected chi connectivity index (χ2v) is 5.93. The third kappa shape index (κ3) is 3.49. The maximum Gasteiger partial charge on any atom is 0.336 e. The highest BCUT2D eigenvalue weighted by atomic mass is 79.9. The average molecular weight is 389 g/mol. The monoisotopic (exact) mass is 388 g/mol. The minimum Gasteiger partial charge on any atom is -0.493 e. The second-order valence-electron chi connectivity index (χ2n) is 5.01. The molecule has 0 aliphatic carbocycles. The minimum atomic E-state index is -0.454. The fraction of sp³-hybridized carbons (Fsp3) is 0.111. The Kier molecular flexibility index (Phi) is 4.66. The van der Waals surface area contributed by atoms with Crippen molar-refractivity contribution in [1.29, 1.82) is 0 Å². The van der Waals surface area contributed by atoms with Gasteiger partial charge in [-0.25, -0.2) is 4.79 Å². The van der Waals surface area contributed by atoms with Crippen LogP contribution in [0, 0.1) is 0 Å². The summed E-state index contributed by atoms with van der Waals surface area (Å²) in [6.07, 6.45) is 0. The molecule has 0 bridgehead atoms. The van der Waals surface area contributed by atoms with E-state index in [2.05, 4.69) is 15.9 Å². The lowest BCUT2D eigenvalue weighted by Crippen LogP contribution is -2.12. The first-order chi connectivity index (χ1) is 11.6. The van der Waals surface area contributed by atoms with Crippen LogP contribution in [0.25, 0.3) is 11.0 Å². The fourth-order valence-corrected chi connectivity index (χ4v) is 2.47. The Bertz CT molecular complexity index is 944. The largest absolute Gasteiger partial charge is 0.493 e. The van der Waals surface area contributed by atoms with Crippen molar-refractivity contribution < 1.29 is 18.7 Å². The van der Waals surface area contributed by atoms with E-state index in [0.29, 0.717) is 28.0 Å². The summed E-state index contributed by atoms with van der Waals surface area (Å²) in [5.41, 5.74) is 0.462. The van der Waals surface area contributed by atoms with Crippen molar-refractivity contribution in [3.8, 4) is 11.5 Å². The Morgan fingerprint density at radius 3 is 2.54 bits per heavy atom. The topological polar surface area (TPSA) is 65.7 Å². The zero-order chi connectivity index (χ0) is 17.1. The SMILES string of the molecule is COc1cc2ccc(=O)oc2cc1OCC(=O)c1ccc(Br)cc1. The van der Waals surface area contributed by atoms with Crippen LogP contribution in [0.2, 0.25) is 0 Å². The van der Waals surface area contributed by atoms with Crippen molar-refractivity contribution >= 4 is 32.7 Å². The van der Waals surface area contributed by atoms with E-state index in [1.54, 1.807) is 42.5 Å². The number of carbonyl (C=O) groups excluding carboxylic acids is 1. The van der Waals surface area contributed by atoms with Gasteiger partial charge >= 0.3 is 5.63 Å². The van der Waals surface area contributed by atoms with Gasteiger partial charge in [-0.15, -0.1) is 0 Å². The van der Waals surface area contributed by atoms with Gasteiger partial charge in [0.05, 0.1) is 7.11 Å². The Labute approximate surface area is 145 Å². The third-order valence-corrected chi connectivity index (χ3v) is 3.96. The number of halogens is 1. The van der Waals surface area contributed by atoms with Crippen molar-refractivity contribution in [2.45, 2.75) is 0 Å². The maximum atomic E-state index is 12.2. The number of rotatable bonds is 5. The molecule has 0 aliphatic heterocycles. The number of hydrogen-bond donors (Lipinski definition) is 0. The molecule has 122 valence electrons. The smallest absolute Gasteiger partial charge is 0.336 e. The van der Waals surface area contributed by atoms with Gasteiger partial charge in [-0.05, 0) is 24.3 Å². The number of fused-ring (bicyclic) bond motifs is 1. The van der Waals surface area contributed by atoms with Crippen LogP contribution in [0.1, 0.15) is 10.4 Å². The number of Topliss-reactive ketones (excluding diaryl/α,β-unsaturated/α-hetero) is 1. The van der Waals surface area contributed by atoms with Gasteiger partial charge in [0.1, 0.15) is 5.58 Å². The molecular formula is C18H13BrO5. The minimum absolute atomic E-state index is 0.152. The van der Waals surface area contributed by atoms with Crippen LogP contribution in [0.15, 0.2) is 62.2 Å². The number of benzene rings is 2. The molecule has 24 heavy (non-hydrogen) atoms. The summed E-state index contributed by atoms with van der Waals surface area (Å²) in [6, 6.07) is 13.2. The van der Waals surface area contributed by atoms with Crippen LogP contribution < -0.4 is 15.1 Å². The molecule has 0 atom stereocenters. The van der Waals surface area contributed by atoms with E-state index in [1.165, 1.54) is 13.2 Å². The van der Waals surface area contributed by atoms with E-state index in [9.17, 15) is 9.59 Å². The maximum absolute atomic E-state index is 12.2. The first kappa shape index (κ1) is 16.3. The van der Waals surface area contributed by atoms with E-state index in [4.69, 9.17) is 13.9 Å². The summed E-state index contributed by atoms with van der Waals surface area (Å²) in [5.74, 6) is 0.629. The second kappa shape index (κ2) is 6.88. The normalized spacial score (nSPS) is 10.6. The van der Waals surface area contributed by atoms with E-state index in [0.717, 1.165) is 4.47 Å².